The van der Waals surface area contributed by atoms with Gasteiger partial charge in [-0.2, -0.15) is 5.10 Å². The molecule has 0 unspecified atom stereocenters. The van der Waals surface area contributed by atoms with Gasteiger partial charge in [-0.15, -0.1) is 0 Å². The monoisotopic (exact) mass is 443 g/mol. The van der Waals surface area contributed by atoms with Crippen LogP contribution in [0.1, 0.15) is 10.4 Å². The van der Waals surface area contributed by atoms with E-state index in [1.165, 1.54) is 0 Å². The van der Waals surface area contributed by atoms with Gasteiger partial charge in [0.15, 0.2) is 0 Å². The molecular formula is C26H25N3O4. The van der Waals surface area contributed by atoms with E-state index >= 15 is 0 Å². The van der Waals surface area contributed by atoms with Crippen LogP contribution in [0.3, 0.4) is 0 Å². The maximum atomic E-state index is 13.1. The van der Waals surface area contributed by atoms with Crippen molar-refractivity contribution in [3.63, 3.8) is 0 Å². The van der Waals surface area contributed by atoms with Gasteiger partial charge in [-0.25, -0.2) is 4.68 Å². The summed E-state index contributed by atoms with van der Waals surface area (Å²) in [6.07, 6.45) is 1.72. The SMILES string of the molecule is COc1ccc(-c2nn(-c3ccccc3)cc2C(=O)NCCOc2ccccc2)c(OC)c1. The lowest BCUT2D eigenvalue weighted by Crippen LogP contribution is -2.28. The minimum Gasteiger partial charge on any atom is -0.497 e. The number of hydrogen-bond acceptors (Lipinski definition) is 5. The third-order valence-electron chi connectivity index (χ3n) is 5.04. The molecule has 0 bridgehead atoms. The molecule has 0 radical (unpaired) electrons. The number of carbonyl (C=O) groups excluding carboxylic acids is 1. The zero-order chi connectivity index (χ0) is 23.0. The van der Waals surface area contributed by atoms with E-state index in [9.17, 15) is 4.79 Å². The molecule has 1 heterocycles. The molecule has 1 N–H and O–H groups in total. The van der Waals surface area contributed by atoms with Crippen LogP contribution in [0.2, 0.25) is 0 Å². The lowest BCUT2D eigenvalue weighted by Gasteiger charge is -2.11. The van der Waals surface area contributed by atoms with E-state index in [-0.39, 0.29) is 5.91 Å². The molecule has 33 heavy (non-hydrogen) atoms. The summed E-state index contributed by atoms with van der Waals surface area (Å²) in [4.78, 5) is 13.1. The van der Waals surface area contributed by atoms with E-state index in [4.69, 9.17) is 19.3 Å². The first kappa shape index (κ1) is 22.0. The van der Waals surface area contributed by atoms with Crippen molar-refractivity contribution in [3.8, 4) is 34.2 Å². The molecule has 1 amide bonds. The van der Waals surface area contributed by atoms with Gasteiger partial charge in [0, 0.05) is 17.8 Å². The number of hydrogen-bond donors (Lipinski definition) is 1. The molecule has 0 fully saturated rings. The molecule has 0 aliphatic rings. The second-order valence-electron chi connectivity index (χ2n) is 7.16. The molecule has 0 aliphatic heterocycles. The van der Waals surface area contributed by atoms with Gasteiger partial charge in [-0.05, 0) is 36.4 Å². The molecule has 4 aromatic rings. The number of para-hydroxylation sites is 2. The number of nitrogens with zero attached hydrogens (tertiary/aromatic N) is 2. The molecule has 3 aromatic carbocycles. The number of benzene rings is 3. The van der Waals surface area contributed by atoms with E-state index < -0.39 is 0 Å². The fraction of sp³-hybridized carbons (Fsp3) is 0.154. The summed E-state index contributed by atoms with van der Waals surface area (Å²) >= 11 is 0. The number of rotatable bonds is 9. The van der Waals surface area contributed by atoms with Crippen LogP contribution < -0.4 is 19.5 Å². The summed E-state index contributed by atoms with van der Waals surface area (Å²) in [5.74, 6) is 1.73. The Balaban J connectivity index is 1.60. The number of nitrogens with one attached hydrogen (secondary N) is 1. The van der Waals surface area contributed by atoms with Crippen molar-refractivity contribution in [1.29, 1.82) is 0 Å². The summed E-state index contributed by atoms with van der Waals surface area (Å²) in [6.45, 7) is 0.702. The largest absolute Gasteiger partial charge is 0.497 e. The maximum absolute atomic E-state index is 13.1. The lowest BCUT2D eigenvalue weighted by atomic mass is 10.1. The first-order valence-corrected chi connectivity index (χ1v) is 10.5. The van der Waals surface area contributed by atoms with Gasteiger partial charge in [-0.1, -0.05) is 36.4 Å². The van der Waals surface area contributed by atoms with Gasteiger partial charge in [0.2, 0.25) is 0 Å². The van der Waals surface area contributed by atoms with Crippen molar-refractivity contribution in [3.05, 3.63) is 90.6 Å². The number of ether oxygens (including phenoxy) is 3. The summed E-state index contributed by atoms with van der Waals surface area (Å²) in [6, 6.07) is 24.5. The number of methoxy groups -OCH3 is 2. The first-order chi connectivity index (χ1) is 16.2. The van der Waals surface area contributed by atoms with Crippen molar-refractivity contribution < 1.29 is 19.0 Å². The Kier molecular flexibility index (Phi) is 6.90. The molecule has 0 aliphatic carbocycles. The molecule has 0 saturated heterocycles. The highest BCUT2D eigenvalue weighted by atomic mass is 16.5. The molecule has 0 atom stereocenters. The molecule has 7 nitrogen and oxygen atoms in total. The highest BCUT2D eigenvalue weighted by Crippen LogP contribution is 2.34. The predicted molar refractivity (Wildman–Crippen MR) is 126 cm³/mol. The highest BCUT2D eigenvalue weighted by Gasteiger charge is 2.21. The minimum absolute atomic E-state index is 0.248. The van der Waals surface area contributed by atoms with Crippen LogP contribution in [0.15, 0.2) is 85.1 Å². The van der Waals surface area contributed by atoms with Crippen molar-refractivity contribution in [2.75, 3.05) is 27.4 Å². The van der Waals surface area contributed by atoms with Crippen molar-refractivity contribution in [2.45, 2.75) is 0 Å². The Labute approximate surface area is 192 Å². The van der Waals surface area contributed by atoms with Crippen LogP contribution in [0, 0.1) is 0 Å². The topological polar surface area (TPSA) is 74.6 Å². The zero-order valence-electron chi connectivity index (χ0n) is 18.5. The first-order valence-electron chi connectivity index (χ1n) is 10.5. The highest BCUT2D eigenvalue weighted by molar-refractivity contribution is 6.00. The van der Waals surface area contributed by atoms with E-state index in [0.717, 1.165) is 11.4 Å². The second kappa shape index (κ2) is 10.4. The van der Waals surface area contributed by atoms with Crippen LogP contribution in [0.5, 0.6) is 17.2 Å². The van der Waals surface area contributed by atoms with Gasteiger partial charge < -0.3 is 19.5 Å². The smallest absolute Gasteiger partial charge is 0.255 e. The number of aromatic nitrogens is 2. The molecule has 168 valence electrons. The van der Waals surface area contributed by atoms with Gasteiger partial charge in [-0.3, -0.25) is 4.79 Å². The molecule has 0 spiro atoms. The van der Waals surface area contributed by atoms with E-state index in [1.807, 2.05) is 72.8 Å². The van der Waals surface area contributed by atoms with Crippen LogP contribution in [0.4, 0.5) is 0 Å². The van der Waals surface area contributed by atoms with E-state index in [1.54, 1.807) is 31.2 Å². The van der Waals surface area contributed by atoms with Crippen LogP contribution >= 0.6 is 0 Å². The third kappa shape index (κ3) is 5.15. The average Bonchev–Trinajstić information content (AvgIpc) is 3.32. The standard InChI is InChI=1S/C26H25N3O4/c1-31-21-13-14-22(24(17-21)32-2)25-23(18-29(28-25)19-9-5-3-6-10-19)26(30)27-15-16-33-20-11-7-4-8-12-20/h3-14,17-18H,15-16H2,1-2H3,(H,27,30). The molecular weight excluding hydrogens is 418 g/mol. The Bertz CT molecular complexity index is 1210. The van der Waals surface area contributed by atoms with Crippen molar-refractivity contribution in [2.24, 2.45) is 0 Å². The predicted octanol–water partition coefficient (Wildman–Crippen LogP) is 4.37. The van der Waals surface area contributed by atoms with Gasteiger partial charge in [0.1, 0.15) is 29.5 Å². The third-order valence-corrected chi connectivity index (χ3v) is 5.04. The average molecular weight is 444 g/mol. The van der Waals surface area contributed by atoms with E-state index in [2.05, 4.69) is 5.32 Å². The molecule has 4 rings (SSSR count). The quantitative estimate of drug-likeness (QED) is 0.389. The summed E-state index contributed by atoms with van der Waals surface area (Å²) in [5.41, 5.74) is 2.48. The minimum atomic E-state index is -0.248. The van der Waals surface area contributed by atoms with Gasteiger partial charge in [0.05, 0.1) is 32.0 Å². The number of carbonyl (C=O) groups is 1. The van der Waals surface area contributed by atoms with Crippen LogP contribution in [-0.2, 0) is 0 Å². The Morgan fingerprint density at radius 3 is 2.33 bits per heavy atom. The maximum Gasteiger partial charge on any atom is 0.255 e. The van der Waals surface area contributed by atoms with Crippen molar-refractivity contribution >= 4 is 5.91 Å². The fourth-order valence-corrected chi connectivity index (χ4v) is 3.39. The lowest BCUT2D eigenvalue weighted by molar-refractivity contribution is 0.0947. The van der Waals surface area contributed by atoms with Gasteiger partial charge in [0.25, 0.3) is 5.91 Å². The Hall–Kier alpha value is -4.26. The molecule has 0 saturated carbocycles. The molecule has 1 aromatic heterocycles. The fourth-order valence-electron chi connectivity index (χ4n) is 3.39. The Morgan fingerprint density at radius 2 is 1.64 bits per heavy atom. The Morgan fingerprint density at radius 1 is 0.909 bits per heavy atom. The van der Waals surface area contributed by atoms with Gasteiger partial charge >= 0.3 is 0 Å². The van der Waals surface area contributed by atoms with Crippen LogP contribution in [0.25, 0.3) is 16.9 Å². The summed E-state index contributed by atoms with van der Waals surface area (Å²) < 4.78 is 18.2. The second-order valence-corrected chi connectivity index (χ2v) is 7.16. The summed E-state index contributed by atoms with van der Waals surface area (Å²) in [5, 5.41) is 7.64. The van der Waals surface area contributed by atoms with Crippen molar-refractivity contribution in [1.82, 2.24) is 15.1 Å². The molecule has 7 heteroatoms. The van der Waals surface area contributed by atoms with E-state index in [0.29, 0.717) is 41.5 Å². The normalized spacial score (nSPS) is 10.5. The zero-order valence-corrected chi connectivity index (χ0v) is 18.5. The number of amides is 1. The van der Waals surface area contributed by atoms with Crippen LogP contribution in [-0.4, -0.2) is 43.1 Å². The summed E-state index contributed by atoms with van der Waals surface area (Å²) in [7, 11) is 3.17.